The maximum absolute atomic E-state index is 9.73. The summed E-state index contributed by atoms with van der Waals surface area (Å²) in [6.45, 7) is 4.33. The maximum atomic E-state index is 9.73. The molecular weight excluding hydrogens is 224 g/mol. The maximum Gasteiger partial charge on any atom is 0.106 e. The van der Waals surface area contributed by atoms with Gasteiger partial charge in [0.15, 0.2) is 0 Å². The SMILES string of the molecule is CC(C)Cc1ccc(C(O)C(O)CCl)cc1. The minimum atomic E-state index is -0.905. The van der Waals surface area contributed by atoms with Gasteiger partial charge in [0, 0.05) is 0 Å². The number of halogens is 1. The smallest absolute Gasteiger partial charge is 0.106 e. The first-order valence-corrected chi connectivity index (χ1v) is 6.09. The van der Waals surface area contributed by atoms with E-state index in [2.05, 4.69) is 13.8 Å². The Morgan fingerprint density at radius 2 is 1.69 bits per heavy atom. The van der Waals surface area contributed by atoms with Crippen LogP contribution in [0.4, 0.5) is 0 Å². The van der Waals surface area contributed by atoms with Crippen molar-refractivity contribution in [3.05, 3.63) is 35.4 Å². The monoisotopic (exact) mass is 242 g/mol. The topological polar surface area (TPSA) is 40.5 Å². The van der Waals surface area contributed by atoms with E-state index in [1.54, 1.807) is 0 Å². The predicted octanol–water partition coefficient (Wildman–Crippen LogP) is 2.52. The molecule has 0 aliphatic rings. The van der Waals surface area contributed by atoms with Crippen LogP contribution < -0.4 is 0 Å². The second-order valence-corrected chi connectivity index (χ2v) is 4.81. The summed E-state index contributed by atoms with van der Waals surface area (Å²) in [5.74, 6) is 0.652. The van der Waals surface area contributed by atoms with Gasteiger partial charge in [0.25, 0.3) is 0 Å². The molecule has 90 valence electrons. The van der Waals surface area contributed by atoms with Crippen LogP contribution in [0.15, 0.2) is 24.3 Å². The van der Waals surface area contributed by atoms with Crippen LogP contribution in [0, 0.1) is 5.92 Å². The Labute approximate surface area is 102 Å². The molecule has 0 aromatic heterocycles. The molecule has 1 rings (SSSR count). The summed E-state index contributed by atoms with van der Waals surface area (Å²) < 4.78 is 0. The average Bonchev–Trinajstić information content (AvgIpc) is 2.27. The minimum Gasteiger partial charge on any atom is -0.389 e. The zero-order chi connectivity index (χ0) is 12.1. The zero-order valence-corrected chi connectivity index (χ0v) is 10.5. The Morgan fingerprint density at radius 1 is 1.12 bits per heavy atom. The van der Waals surface area contributed by atoms with E-state index in [1.165, 1.54) is 5.56 Å². The third kappa shape index (κ3) is 3.78. The molecule has 0 saturated heterocycles. The fourth-order valence-corrected chi connectivity index (χ4v) is 1.80. The number of rotatable bonds is 5. The minimum absolute atomic E-state index is 0.0366. The highest BCUT2D eigenvalue weighted by Crippen LogP contribution is 2.19. The Bertz CT molecular complexity index is 308. The number of benzene rings is 1. The molecule has 16 heavy (non-hydrogen) atoms. The van der Waals surface area contributed by atoms with Gasteiger partial charge in [0.05, 0.1) is 12.0 Å². The van der Waals surface area contributed by atoms with Crippen LogP contribution in [0.2, 0.25) is 0 Å². The number of hydrogen-bond acceptors (Lipinski definition) is 2. The normalized spacial score (nSPS) is 15.1. The van der Waals surface area contributed by atoms with Crippen molar-refractivity contribution in [3.8, 4) is 0 Å². The quantitative estimate of drug-likeness (QED) is 0.779. The molecule has 2 atom stereocenters. The van der Waals surface area contributed by atoms with E-state index in [0.717, 1.165) is 6.42 Å². The lowest BCUT2D eigenvalue weighted by atomic mass is 9.99. The van der Waals surface area contributed by atoms with E-state index < -0.39 is 12.2 Å². The number of aliphatic hydroxyl groups excluding tert-OH is 2. The van der Waals surface area contributed by atoms with E-state index in [9.17, 15) is 10.2 Å². The Kier molecular flexibility index (Phi) is 5.26. The second-order valence-electron chi connectivity index (χ2n) is 4.51. The van der Waals surface area contributed by atoms with Crippen molar-refractivity contribution >= 4 is 11.6 Å². The Balaban J connectivity index is 2.70. The molecule has 2 N–H and O–H groups in total. The van der Waals surface area contributed by atoms with Crippen LogP contribution in [0.3, 0.4) is 0 Å². The van der Waals surface area contributed by atoms with Crippen molar-refractivity contribution in [1.82, 2.24) is 0 Å². The molecule has 0 spiro atoms. The van der Waals surface area contributed by atoms with Crippen molar-refractivity contribution in [2.45, 2.75) is 32.5 Å². The van der Waals surface area contributed by atoms with Gasteiger partial charge in [-0.3, -0.25) is 0 Å². The fraction of sp³-hybridized carbons (Fsp3) is 0.538. The van der Waals surface area contributed by atoms with Crippen LogP contribution in [0.5, 0.6) is 0 Å². The predicted molar refractivity (Wildman–Crippen MR) is 66.7 cm³/mol. The standard InChI is InChI=1S/C13H19ClO2/c1-9(2)7-10-3-5-11(6-4-10)13(16)12(15)8-14/h3-6,9,12-13,15-16H,7-8H2,1-2H3. The van der Waals surface area contributed by atoms with Gasteiger partial charge < -0.3 is 10.2 Å². The van der Waals surface area contributed by atoms with Crippen molar-refractivity contribution in [3.63, 3.8) is 0 Å². The lowest BCUT2D eigenvalue weighted by Gasteiger charge is -2.16. The molecule has 0 heterocycles. The third-order valence-corrected chi connectivity index (χ3v) is 2.80. The molecule has 0 radical (unpaired) electrons. The molecular formula is C13H19ClO2. The number of hydrogen-bond donors (Lipinski definition) is 2. The van der Waals surface area contributed by atoms with Gasteiger partial charge in [-0.2, -0.15) is 0 Å². The van der Waals surface area contributed by atoms with Gasteiger partial charge in [0.2, 0.25) is 0 Å². The second kappa shape index (κ2) is 6.24. The molecule has 2 unspecified atom stereocenters. The molecule has 0 amide bonds. The molecule has 0 fully saturated rings. The first-order valence-electron chi connectivity index (χ1n) is 5.55. The van der Waals surface area contributed by atoms with E-state index in [1.807, 2.05) is 24.3 Å². The molecule has 2 nitrogen and oxygen atoms in total. The van der Waals surface area contributed by atoms with Crippen LogP contribution in [-0.2, 0) is 6.42 Å². The fourth-order valence-electron chi connectivity index (χ4n) is 1.63. The van der Waals surface area contributed by atoms with Crippen LogP contribution in [-0.4, -0.2) is 22.2 Å². The first-order chi connectivity index (χ1) is 7.54. The summed E-state index contributed by atoms with van der Waals surface area (Å²) in [4.78, 5) is 0. The summed E-state index contributed by atoms with van der Waals surface area (Å²) in [6.07, 6.45) is -0.780. The van der Waals surface area contributed by atoms with Crippen molar-refractivity contribution in [2.24, 2.45) is 5.92 Å². The van der Waals surface area contributed by atoms with E-state index >= 15 is 0 Å². The number of aliphatic hydroxyl groups is 2. The van der Waals surface area contributed by atoms with Gasteiger partial charge in [-0.15, -0.1) is 11.6 Å². The van der Waals surface area contributed by atoms with Gasteiger partial charge in [0.1, 0.15) is 6.10 Å². The summed E-state index contributed by atoms with van der Waals surface area (Å²) in [5.41, 5.74) is 1.95. The van der Waals surface area contributed by atoms with Gasteiger partial charge in [-0.1, -0.05) is 38.1 Å². The summed E-state index contributed by atoms with van der Waals surface area (Å²) in [7, 11) is 0. The Morgan fingerprint density at radius 3 is 2.12 bits per heavy atom. The van der Waals surface area contributed by atoms with Gasteiger partial charge >= 0.3 is 0 Å². The van der Waals surface area contributed by atoms with E-state index in [-0.39, 0.29) is 5.88 Å². The first kappa shape index (κ1) is 13.5. The molecule has 1 aromatic rings. The van der Waals surface area contributed by atoms with Crippen LogP contribution in [0.1, 0.15) is 31.1 Å². The third-order valence-electron chi connectivity index (χ3n) is 2.49. The molecule has 0 bridgehead atoms. The zero-order valence-electron chi connectivity index (χ0n) is 9.73. The molecule has 0 saturated carbocycles. The lowest BCUT2D eigenvalue weighted by molar-refractivity contribution is 0.0327. The van der Waals surface area contributed by atoms with E-state index in [4.69, 9.17) is 11.6 Å². The van der Waals surface area contributed by atoms with Crippen molar-refractivity contribution in [2.75, 3.05) is 5.88 Å². The Hall–Kier alpha value is -0.570. The number of alkyl halides is 1. The van der Waals surface area contributed by atoms with Crippen molar-refractivity contribution < 1.29 is 10.2 Å². The molecule has 1 aromatic carbocycles. The summed E-state index contributed by atoms with van der Waals surface area (Å²) >= 11 is 5.49. The van der Waals surface area contributed by atoms with Crippen LogP contribution >= 0.6 is 11.6 Å². The molecule has 3 heteroatoms. The largest absolute Gasteiger partial charge is 0.389 e. The highest BCUT2D eigenvalue weighted by molar-refractivity contribution is 6.18. The van der Waals surface area contributed by atoms with Gasteiger partial charge in [-0.05, 0) is 23.5 Å². The summed E-state index contributed by atoms with van der Waals surface area (Å²) in [5, 5.41) is 19.1. The lowest BCUT2D eigenvalue weighted by Crippen LogP contribution is -2.19. The molecule has 0 aliphatic heterocycles. The average molecular weight is 243 g/mol. The highest BCUT2D eigenvalue weighted by Gasteiger charge is 2.16. The van der Waals surface area contributed by atoms with Gasteiger partial charge in [-0.25, -0.2) is 0 Å². The molecule has 0 aliphatic carbocycles. The highest BCUT2D eigenvalue weighted by atomic mass is 35.5. The van der Waals surface area contributed by atoms with Crippen molar-refractivity contribution in [1.29, 1.82) is 0 Å². The van der Waals surface area contributed by atoms with E-state index in [0.29, 0.717) is 11.5 Å². The summed E-state index contributed by atoms with van der Waals surface area (Å²) in [6, 6.07) is 7.66. The van der Waals surface area contributed by atoms with Crippen LogP contribution in [0.25, 0.3) is 0 Å².